The van der Waals surface area contributed by atoms with E-state index < -0.39 is 11.9 Å². The number of rotatable bonds is 7. The van der Waals surface area contributed by atoms with E-state index in [2.05, 4.69) is 41.3 Å². The molecule has 7 heteroatoms. The molecule has 4 aromatic rings. The lowest BCUT2D eigenvalue weighted by Crippen LogP contribution is -2.31. The van der Waals surface area contributed by atoms with E-state index in [9.17, 15) is 4.79 Å². The highest BCUT2D eigenvalue weighted by atomic mass is 16.4. The van der Waals surface area contributed by atoms with Crippen LogP contribution < -0.4 is 0 Å². The van der Waals surface area contributed by atoms with Gasteiger partial charge in [-0.05, 0) is 36.6 Å². The number of carboxylic acids is 2. The highest BCUT2D eigenvalue weighted by Crippen LogP contribution is 2.31. The second-order valence-corrected chi connectivity index (χ2v) is 9.02. The van der Waals surface area contributed by atoms with Gasteiger partial charge in [-0.2, -0.15) is 0 Å². The monoisotopic (exact) mass is 511 g/mol. The minimum atomic E-state index is -1.82. The topological polar surface area (TPSA) is 108 Å². The minimum absolute atomic E-state index is 0.124. The maximum absolute atomic E-state index is 13.3. The van der Waals surface area contributed by atoms with Gasteiger partial charge in [-0.1, -0.05) is 84.9 Å². The molecule has 2 N–H and O–H groups in total. The van der Waals surface area contributed by atoms with Crippen LogP contribution in [0.15, 0.2) is 102 Å². The van der Waals surface area contributed by atoms with Gasteiger partial charge in [0, 0.05) is 35.5 Å². The van der Waals surface area contributed by atoms with Gasteiger partial charge in [-0.15, -0.1) is 0 Å². The number of furan rings is 1. The molecule has 1 unspecified atom stereocenters. The average Bonchev–Trinajstić information content (AvgIpc) is 3.44. The third-order valence-corrected chi connectivity index (χ3v) is 6.61. The van der Waals surface area contributed by atoms with Crippen molar-refractivity contribution in [1.82, 2.24) is 4.90 Å². The van der Waals surface area contributed by atoms with Gasteiger partial charge in [0.1, 0.15) is 5.58 Å². The molecule has 1 aliphatic rings. The zero-order valence-electron chi connectivity index (χ0n) is 20.8. The van der Waals surface area contributed by atoms with Crippen molar-refractivity contribution in [3.63, 3.8) is 0 Å². The summed E-state index contributed by atoms with van der Waals surface area (Å²) in [6, 6.07) is 28.2. The van der Waals surface area contributed by atoms with Crippen molar-refractivity contribution in [2.45, 2.75) is 18.8 Å². The Balaban J connectivity index is 0.000000505. The van der Waals surface area contributed by atoms with Crippen LogP contribution in [0.4, 0.5) is 0 Å². The third-order valence-electron chi connectivity index (χ3n) is 6.61. The highest BCUT2D eigenvalue weighted by molar-refractivity contribution is 6.27. The Labute approximate surface area is 220 Å². The third kappa shape index (κ3) is 6.63. The van der Waals surface area contributed by atoms with Crippen molar-refractivity contribution in [2.24, 2.45) is 0 Å². The molecular formula is C31H29NO6. The van der Waals surface area contributed by atoms with Crippen LogP contribution in [0.5, 0.6) is 0 Å². The van der Waals surface area contributed by atoms with Crippen LogP contribution in [-0.2, 0) is 9.59 Å². The lowest BCUT2D eigenvalue weighted by molar-refractivity contribution is -0.159. The molecule has 0 spiro atoms. The molecule has 0 radical (unpaired) electrons. The number of carbonyl (C=O) groups excluding carboxylic acids is 1. The molecule has 0 bridgehead atoms. The molecule has 7 nitrogen and oxygen atoms in total. The number of carboxylic acid groups (broad SMARTS) is 2. The van der Waals surface area contributed by atoms with Crippen LogP contribution in [0.1, 0.15) is 40.2 Å². The summed E-state index contributed by atoms with van der Waals surface area (Å²) in [5.74, 6) is -3.57. The lowest BCUT2D eigenvalue weighted by Gasteiger charge is -2.28. The molecule has 0 saturated heterocycles. The number of fused-ring (bicyclic) bond motifs is 1. The zero-order chi connectivity index (χ0) is 26.9. The Kier molecular flexibility index (Phi) is 8.85. The Morgan fingerprint density at radius 1 is 0.842 bits per heavy atom. The van der Waals surface area contributed by atoms with Gasteiger partial charge in [0.2, 0.25) is 0 Å². The van der Waals surface area contributed by atoms with Gasteiger partial charge in [0.05, 0.1) is 6.26 Å². The molecular weight excluding hydrogens is 482 g/mol. The summed E-state index contributed by atoms with van der Waals surface area (Å²) in [7, 11) is 0. The molecule has 0 fully saturated rings. The quantitative estimate of drug-likeness (QED) is 0.241. The van der Waals surface area contributed by atoms with Gasteiger partial charge in [0.25, 0.3) is 0 Å². The van der Waals surface area contributed by atoms with E-state index in [0.717, 1.165) is 54.6 Å². The summed E-state index contributed by atoms with van der Waals surface area (Å²) in [6.07, 6.45) is 5.88. The van der Waals surface area contributed by atoms with Crippen LogP contribution in [0.2, 0.25) is 0 Å². The maximum atomic E-state index is 13.3. The number of hydrogen-bond acceptors (Lipinski definition) is 5. The Bertz CT molecular complexity index is 1410. The summed E-state index contributed by atoms with van der Waals surface area (Å²) in [6.45, 7) is 2.78. The second kappa shape index (κ2) is 12.7. The van der Waals surface area contributed by atoms with Gasteiger partial charge in [-0.3, -0.25) is 9.69 Å². The van der Waals surface area contributed by atoms with Crippen molar-refractivity contribution < 1.29 is 29.0 Å². The van der Waals surface area contributed by atoms with Crippen LogP contribution in [0.25, 0.3) is 16.5 Å². The molecule has 38 heavy (non-hydrogen) atoms. The zero-order valence-corrected chi connectivity index (χ0v) is 20.8. The van der Waals surface area contributed by atoms with Gasteiger partial charge < -0.3 is 14.6 Å². The number of carbonyl (C=O) groups is 3. The van der Waals surface area contributed by atoms with E-state index in [1.54, 1.807) is 6.26 Å². The van der Waals surface area contributed by atoms with Crippen LogP contribution >= 0.6 is 0 Å². The van der Waals surface area contributed by atoms with E-state index >= 15 is 0 Å². The fraction of sp³-hybridized carbons (Fsp3) is 0.194. The van der Waals surface area contributed by atoms with Crippen LogP contribution in [0, 0.1) is 0 Å². The molecule has 2 heterocycles. The van der Waals surface area contributed by atoms with Crippen LogP contribution in [0.3, 0.4) is 0 Å². The molecule has 0 saturated carbocycles. The van der Waals surface area contributed by atoms with E-state index in [1.165, 1.54) is 11.1 Å². The summed E-state index contributed by atoms with van der Waals surface area (Å²) >= 11 is 0. The lowest BCUT2D eigenvalue weighted by atomic mass is 9.87. The molecule has 1 aromatic heterocycles. The SMILES string of the molecule is O=C(O)C(=O)O.O=C(c1ccccc1)C(CCN1CC=C(c2cccc3ccoc23)CC1)c1ccccc1. The first-order valence-electron chi connectivity index (χ1n) is 12.4. The number of nitrogens with zero attached hydrogens (tertiary/aromatic N) is 1. The summed E-state index contributed by atoms with van der Waals surface area (Å²) in [5, 5.41) is 15.9. The molecule has 3 aromatic carbocycles. The summed E-state index contributed by atoms with van der Waals surface area (Å²) < 4.78 is 5.73. The van der Waals surface area contributed by atoms with E-state index in [-0.39, 0.29) is 11.7 Å². The number of hydrogen-bond donors (Lipinski definition) is 2. The Morgan fingerprint density at radius 2 is 1.53 bits per heavy atom. The van der Waals surface area contributed by atoms with Crippen molar-refractivity contribution in [2.75, 3.05) is 19.6 Å². The number of para-hydroxylation sites is 1. The molecule has 5 rings (SSSR count). The van der Waals surface area contributed by atoms with E-state index in [1.807, 2.05) is 54.6 Å². The first kappa shape index (κ1) is 26.6. The van der Waals surface area contributed by atoms with Gasteiger partial charge in [0.15, 0.2) is 5.78 Å². The maximum Gasteiger partial charge on any atom is 0.414 e. The van der Waals surface area contributed by atoms with Gasteiger partial charge >= 0.3 is 11.9 Å². The Morgan fingerprint density at radius 3 is 2.16 bits per heavy atom. The predicted octanol–water partition coefficient (Wildman–Crippen LogP) is 5.73. The molecule has 0 aliphatic carbocycles. The fourth-order valence-electron chi connectivity index (χ4n) is 4.65. The normalized spacial score (nSPS) is 14.2. The summed E-state index contributed by atoms with van der Waals surface area (Å²) in [5.41, 5.74) is 5.41. The van der Waals surface area contributed by atoms with Crippen molar-refractivity contribution >= 4 is 34.3 Å². The molecule has 194 valence electrons. The molecule has 1 aliphatic heterocycles. The van der Waals surface area contributed by atoms with Crippen molar-refractivity contribution in [1.29, 1.82) is 0 Å². The predicted molar refractivity (Wildman–Crippen MR) is 145 cm³/mol. The fourth-order valence-corrected chi connectivity index (χ4v) is 4.65. The van der Waals surface area contributed by atoms with E-state index in [0.29, 0.717) is 0 Å². The van der Waals surface area contributed by atoms with Crippen molar-refractivity contribution in [3.05, 3.63) is 114 Å². The number of aliphatic carboxylic acids is 2. The van der Waals surface area contributed by atoms with Crippen LogP contribution in [-0.4, -0.2) is 52.5 Å². The molecule has 1 atom stereocenters. The Hall–Kier alpha value is -4.49. The first-order valence-corrected chi connectivity index (χ1v) is 12.4. The van der Waals surface area contributed by atoms with Crippen molar-refractivity contribution in [3.8, 4) is 0 Å². The standard InChI is InChI=1S/C29H27NO2.C2H2O4/c31-28(24-10-5-2-6-11-24)26(22-8-3-1-4-9-22)16-20-30-18-14-23(15-19-30)27-13-7-12-25-17-21-32-29(25)27;3-1(4)2(5)6/h1-14,17,21,26H,15-16,18-20H2;(H,3,4)(H,5,6). The minimum Gasteiger partial charge on any atom is -0.473 e. The molecule has 0 amide bonds. The number of benzene rings is 3. The van der Waals surface area contributed by atoms with Gasteiger partial charge in [-0.25, -0.2) is 9.59 Å². The number of ketones is 1. The highest BCUT2D eigenvalue weighted by Gasteiger charge is 2.23. The summed E-state index contributed by atoms with van der Waals surface area (Å²) in [4.78, 5) is 34.0. The van der Waals surface area contributed by atoms with E-state index in [4.69, 9.17) is 24.2 Å². The largest absolute Gasteiger partial charge is 0.473 e. The first-order chi connectivity index (χ1) is 18.4. The smallest absolute Gasteiger partial charge is 0.414 e. The average molecular weight is 512 g/mol. The number of Topliss-reactive ketones (excluding diaryl/α,β-unsaturated/α-hetero) is 1. The second-order valence-electron chi connectivity index (χ2n) is 9.02.